The summed E-state index contributed by atoms with van der Waals surface area (Å²) in [4.78, 5) is 0. The number of hydrogen-bond acceptors (Lipinski definition) is 1. The molecular formula is C29H20S. The lowest BCUT2D eigenvalue weighted by molar-refractivity contribution is 0.940. The quantitative estimate of drug-likeness (QED) is 0.288. The molecule has 30 heavy (non-hydrogen) atoms. The fourth-order valence-electron chi connectivity index (χ4n) is 5.00. The molecule has 5 aromatic carbocycles. The Morgan fingerprint density at radius 3 is 1.90 bits per heavy atom. The highest BCUT2D eigenvalue weighted by Crippen LogP contribution is 2.57. The maximum atomic E-state index is 5.44. The molecule has 1 aliphatic rings. The molecule has 0 N–H and O–H groups in total. The first kappa shape index (κ1) is 17.6. The Balaban J connectivity index is 1.74. The Labute approximate surface area is 182 Å². The number of rotatable bonds is 2. The Hall–Kier alpha value is -3.29. The van der Waals surface area contributed by atoms with Crippen LogP contribution in [0.15, 0.2) is 115 Å². The van der Waals surface area contributed by atoms with Gasteiger partial charge in [0, 0.05) is 0 Å². The Kier molecular flexibility index (Phi) is 3.87. The molecule has 0 bridgehead atoms. The first-order valence-corrected chi connectivity index (χ1v) is 10.7. The Bertz CT molecular complexity index is 1400. The van der Waals surface area contributed by atoms with Crippen LogP contribution in [-0.4, -0.2) is 0 Å². The van der Waals surface area contributed by atoms with Crippen molar-refractivity contribution in [1.82, 2.24) is 0 Å². The van der Waals surface area contributed by atoms with E-state index in [0.717, 1.165) is 0 Å². The van der Waals surface area contributed by atoms with E-state index < -0.39 is 4.75 Å². The van der Waals surface area contributed by atoms with Gasteiger partial charge in [0.1, 0.15) is 0 Å². The largest absolute Gasteiger partial charge is 0.158 e. The van der Waals surface area contributed by atoms with Gasteiger partial charge < -0.3 is 0 Å². The monoisotopic (exact) mass is 400 g/mol. The molecule has 0 fully saturated rings. The summed E-state index contributed by atoms with van der Waals surface area (Å²) in [5.41, 5.74) is 8.78. The molecule has 0 radical (unpaired) electrons. The van der Waals surface area contributed by atoms with E-state index in [0.29, 0.717) is 0 Å². The summed E-state index contributed by atoms with van der Waals surface area (Å²) in [5.74, 6) is 0. The molecule has 1 aliphatic carbocycles. The summed E-state index contributed by atoms with van der Waals surface area (Å²) >= 11 is 5.44. The van der Waals surface area contributed by atoms with Crippen molar-refractivity contribution in [2.24, 2.45) is 0 Å². The normalized spacial score (nSPS) is 17.0. The summed E-state index contributed by atoms with van der Waals surface area (Å²) in [7, 11) is 0. The zero-order chi connectivity index (χ0) is 20.1. The topological polar surface area (TPSA) is 0 Å². The molecular weight excluding hydrogens is 380 g/mol. The molecule has 0 aliphatic heterocycles. The zero-order valence-corrected chi connectivity index (χ0v) is 17.3. The predicted molar refractivity (Wildman–Crippen MR) is 130 cm³/mol. The van der Waals surface area contributed by atoms with E-state index in [2.05, 4.69) is 115 Å². The van der Waals surface area contributed by atoms with E-state index in [-0.39, 0.29) is 0 Å². The van der Waals surface area contributed by atoms with Crippen molar-refractivity contribution < 1.29 is 0 Å². The van der Waals surface area contributed by atoms with E-state index >= 15 is 0 Å². The van der Waals surface area contributed by atoms with Crippen LogP contribution < -0.4 is 0 Å². The van der Waals surface area contributed by atoms with Crippen LogP contribution in [0.4, 0.5) is 0 Å². The van der Waals surface area contributed by atoms with E-state index in [1.807, 2.05) is 0 Å². The first-order chi connectivity index (χ1) is 14.8. The van der Waals surface area contributed by atoms with Crippen LogP contribution in [0.5, 0.6) is 0 Å². The van der Waals surface area contributed by atoms with E-state index in [1.165, 1.54) is 49.7 Å². The van der Waals surface area contributed by atoms with Crippen LogP contribution in [0.1, 0.15) is 16.7 Å². The molecule has 1 atom stereocenters. The highest BCUT2D eigenvalue weighted by atomic mass is 32.1. The Morgan fingerprint density at radius 2 is 1.03 bits per heavy atom. The van der Waals surface area contributed by atoms with Crippen LogP contribution in [0.2, 0.25) is 0 Å². The molecule has 1 unspecified atom stereocenters. The third-order valence-corrected chi connectivity index (χ3v) is 7.03. The minimum Gasteiger partial charge on any atom is -0.158 e. The second-order valence-corrected chi connectivity index (χ2v) is 8.55. The second kappa shape index (κ2) is 6.62. The molecule has 0 heterocycles. The summed E-state index contributed by atoms with van der Waals surface area (Å²) in [6, 6.07) is 41.2. The van der Waals surface area contributed by atoms with Gasteiger partial charge in [-0.05, 0) is 49.7 Å². The van der Waals surface area contributed by atoms with Gasteiger partial charge in [-0.25, -0.2) is 0 Å². The highest BCUT2D eigenvalue weighted by Gasteiger charge is 2.43. The van der Waals surface area contributed by atoms with Crippen molar-refractivity contribution in [3.8, 4) is 22.3 Å². The summed E-state index contributed by atoms with van der Waals surface area (Å²) in [6.07, 6.45) is 0. The summed E-state index contributed by atoms with van der Waals surface area (Å²) in [5, 5.41) is 2.53. The SMILES string of the molecule is SC1(c2ccccc2)c2ccccc2-c2cccc(-c3cccc4ccccc34)c21. The van der Waals surface area contributed by atoms with Crippen molar-refractivity contribution in [3.05, 3.63) is 132 Å². The van der Waals surface area contributed by atoms with Crippen LogP contribution in [0.3, 0.4) is 0 Å². The molecule has 1 heteroatoms. The number of hydrogen-bond donors (Lipinski definition) is 1. The van der Waals surface area contributed by atoms with Crippen molar-refractivity contribution >= 4 is 23.4 Å². The summed E-state index contributed by atoms with van der Waals surface area (Å²) in [6.45, 7) is 0. The third kappa shape index (κ3) is 2.36. The lowest BCUT2D eigenvalue weighted by Crippen LogP contribution is -2.20. The van der Waals surface area contributed by atoms with E-state index in [4.69, 9.17) is 12.6 Å². The summed E-state index contributed by atoms with van der Waals surface area (Å²) < 4.78 is -0.499. The van der Waals surface area contributed by atoms with Gasteiger partial charge in [-0.3, -0.25) is 0 Å². The van der Waals surface area contributed by atoms with Crippen molar-refractivity contribution in [2.45, 2.75) is 4.75 Å². The van der Waals surface area contributed by atoms with Crippen LogP contribution in [0, 0.1) is 0 Å². The molecule has 0 aromatic heterocycles. The van der Waals surface area contributed by atoms with Crippen molar-refractivity contribution in [2.75, 3.05) is 0 Å². The minimum atomic E-state index is -0.499. The van der Waals surface area contributed by atoms with Crippen LogP contribution in [0.25, 0.3) is 33.0 Å². The molecule has 5 aromatic rings. The zero-order valence-electron chi connectivity index (χ0n) is 16.4. The standard InChI is InChI=1S/C29H20S/c30-29(21-12-2-1-3-13-21)27-19-7-6-15-24(27)26-18-9-17-25(28(26)29)23-16-8-11-20-10-4-5-14-22(20)23/h1-19,30H. The van der Waals surface area contributed by atoms with Gasteiger partial charge in [-0.1, -0.05) is 115 Å². The molecule has 142 valence electrons. The van der Waals surface area contributed by atoms with Crippen molar-refractivity contribution in [1.29, 1.82) is 0 Å². The lowest BCUT2D eigenvalue weighted by atomic mass is 9.83. The van der Waals surface area contributed by atoms with Crippen molar-refractivity contribution in [3.63, 3.8) is 0 Å². The maximum absolute atomic E-state index is 5.44. The smallest absolute Gasteiger partial charge is 0.0896 e. The first-order valence-electron chi connectivity index (χ1n) is 10.3. The molecule has 0 saturated carbocycles. The molecule has 0 nitrogen and oxygen atoms in total. The lowest BCUT2D eigenvalue weighted by Gasteiger charge is -2.29. The predicted octanol–water partition coefficient (Wildman–Crippen LogP) is 7.71. The van der Waals surface area contributed by atoms with E-state index in [9.17, 15) is 0 Å². The van der Waals surface area contributed by atoms with Crippen LogP contribution >= 0.6 is 12.6 Å². The fourth-order valence-corrected chi connectivity index (χ4v) is 5.58. The van der Waals surface area contributed by atoms with Gasteiger partial charge in [0.25, 0.3) is 0 Å². The number of benzene rings is 5. The minimum absolute atomic E-state index is 0.499. The second-order valence-electron chi connectivity index (χ2n) is 7.88. The van der Waals surface area contributed by atoms with Gasteiger partial charge in [0.2, 0.25) is 0 Å². The van der Waals surface area contributed by atoms with Gasteiger partial charge in [0.15, 0.2) is 0 Å². The molecule has 0 spiro atoms. The average molecular weight is 401 g/mol. The number of thiol groups is 1. The molecule has 0 saturated heterocycles. The van der Waals surface area contributed by atoms with Gasteiger partial charge >= 0.3 is 0 Å². The maximum Gasteiger partial charge on any atom is 0.0896 e. The highest BCUT2D eigenvalue weighted by molar-refractivity contribution is 7.82. The molecule has 0 amide bonds. The number of fused-ring (bicyclic) bond motifs is 4. The van der Waals surface area contributed by atoms with Gasteiger partial charge in [-0.2, -0.15) is 12.6 Å². The van der Waals surface area contributed by atoms with Crippen LogP contribution in [-0.2, 0) is 4.75 Å². The molecule has 6 rings (SSSR count). The average Bonchev–Trinajstić information content (AvgIpc) is 3.09. The fraction of sp³-hybridized carbons (Fsp3) is 0.0345. The Morgan fingerprint density at radius 1 is 0.467 bits per heavy atom. The van der Waals surface area contributed by atoms with E-state index in [1.54, 1.807) is 0 Å². The van der Waals surface area contributed by atoms with Gasteiger partial charge in [-0.15, -0.1) is 0 Å². The van der Waals surface area contributed by atoms with Gasteiger partial charge in [0.05, 0.1) is 4.75 Å². The third-order valence-electron chi connectivity index (χ3n) is 6.30.